The van der Waals surface area contributed by atoms with E-state index in [1.807, 2.05) is 4.90 Å². The molecule has 94 valence electrons. The van der Waals surface area contributed by atoms with Crippen LogP contribution in [0, 0.1) is 23.2 Å². The van der Waals surface area contributed by atoms with Gasteiger partial charge in [-0.25, -0.2) is 0 Å². The third-order valence-electron chi connectivity index (χ3n) is 5.53. The maximum Gasteiger partial charge on any atom is 0.230 e. The molecule has 3 heteroatoms. The fraction of sp³-hybridized carbons (Fsp3) is 0.929. The predicted molar refractivity (Wildman–Crippen MR) is 63.1 cm³/mol. The number of ether oxygens (including phenoxy) is 1. The van der Waals surface area contributed by atoms with Crippen molar-refractivity contribution in [3.63, 3.8) is 0 Å². The minimum absolute atomic E-state index is 0.0302. The van der Waals surface area contributed by atoms with E-state index in [4.69, 9.17) is 4.74 Å². The van der Waals surface area contributed by atoms with Crippen molar-refractivity contribution in [2.75, 3.05) is 19.9 Å². The number of nitrogens with zero attached hydrogens (tertiary/aromatic N) is 1. The summed E-state index contributed by atoms with van der Waals surface area (Å²) < 4.78 is 5.35. The molecule has 0 unspecified atom stereocenters. The lowest BCUT2D eigenvalue weighted by molar-refractivity contribution is -0.158. The molecule has 4 aliphatic carbocycles. The van der Waals surface area contributed by atoms with Gasteiger partial charge in [-0.1, -0.05) is 0 Å². The van der Waals surface area contributed by atoms with Gasteiger partial charge in [-0.15, -0.1) is 0 Å². The highest BCUT2D eigenvalue weighted by Crippen LogP contribution is 2.60. The molecule has 0 atom stereocenters. The highest BCUT2D eigenvalue weighted by molar-refractivity contribution is 5.83. The Hall–Kier alpha value is -0.570. The van der Waals surface area contributed by atoms with Crippen LogP contribution in [0.1, 0.15) is 38.5 Å². The van der Waals surface area contributed by atoms with E-state index in [2.05, 4.69) is 0 Å². The van der Waals surface area contributed by atoms with E-state index in [0.717, 1.165) is 30.9 Å². The lowest BCUT2D eigenvalue weighted by Crippen LogP contribution is -2.54. The van der Waals surface area contributed by atoms with Crippen molar-refractivity contribution >= 4 is 5.91 Å². The minimum Gasteiger partial charge on any atom is -0.359 e. The van der Waals surface area contributed by atoms with Crippen LogP contribution in [0.25, 0.3) is 0 Å². The van der Waals surface area contributed by atoms with Gasteiger partial charge < -0.3 is 9.64 Å². The fourth-order valence-corrected chi connectivity index (χ4v) is 5.28. The van der Waals surface area contributed by atoms with Crippen LogP contribution < -0.4 is 0 Å². The van der Waals surface area contributed by atoms with E-state index in [9.17, 15) is 4.79 Å². The first kappa shape index (κ1) is 10.4. The Morgan fingerprint density at radius 2 is 1.65 bits per heavy atom. The van der Waals surface area contributed by atoms with Gasteiger partial charge in [-0.3, -0.25) is 4.79 Å². The summed E-state index contributed by atoms with van der Waals surface area (Å²) in [7, 11) is 0. The summed E-state index contributed by atoms with van der Waals surface area (Å²) in [5.41, 5.74) is 0.0302. The first-order valence-corrected chi connectivity index (χ1v) is 7.12. The molecular weight excluding hydrogens is 214 g/mol. The van der Waals surface area contributed by atoms with E-state index in [-0.39, 0.29) is 5.41 Å². The van der Waals surface area contributed by atoms with Crippen LogP contribution in [0.4, 0.5) is 0 Å². The number of rotatable bonds is 1. The van der Waals surface area contributed by atoms with Crippen LogP contribution in [0.3, 0.4) is 0 Å². The molecule has 4 bridgehead atoms. The molecule has 0 N–H and O–H groups in total. The molecule has 1 amide bonds. The molecule has 3 nitrogen and oxygen atoms in total. The topological polar surface area (TPSA) is 29.5 Å². The summed E-state index contributed by atoms with van der Waals surface area (Å²) in [6, 6.07) is 0. The standard InChI is InChI=1S/C14H21NO2/c16-13(15-1-2-17-9-15)14-6-10-3-11(7-14)5-12(4-10)8-14/h10-12H,1-9H2. The summed E-state index contributed by atoms with van der Waals surface area (Å²) in [5.74, 6) is 2.99. The maximum absolute atomic E-state index is 12.7. The summed E-state index contributed by atoms with van der Waals surface area (Å²) in [4.78, 5) is 14.7. The van der Waals surface area contributed by atoms with Crippen LogP contribution in [0.2, 0.25) is 0 Å². The van der Waals surface area contributed by atoms with Crippen molar-refractivity contribution in [3.8, 4) is 0 Å². The second kappa shape index (κ2) is 3.47. The van der Waals surface area contributed by atoms with Gasteiger partial charge in [0.25, 0.3) is 0 Å². The summed E-state index contributed by atoms with van der Waals surface area (Å²) in [6.07, 6.45) is 7.74. The molecule has 5 rings (SSSR count). The van der Waals surface area contributed by atoms with Crippen LogP contribution in [0.5, 0.6) is 0 Å². The van der Waals surface area contributed by atoms with Crippen LogP contribution >= 0.6 is 0 Å². The number of carbonyl (C=O) groups is 1. The molecule has 17 heavy (non-hydrogen) atoms. The summed E-state index contributed by atoms with van der Waals surface area (Å²) in [6.45, 7) is 2.10. The SMILES string of the molecule is O=C(N1CCOC1)C12CC3CC(CC(C3)C1)C2. The molecule has 4 saturated carbocycles. The van der Waals surface area contributed by atoms with Crippen molar-refractivity contribution < 1.29 is 9.53 Å². The zero-order valence-corrected chi connectivity index (χ0v) is 10.4. The molecule has 0 spiro atoms. The number of hydrogen-bond donors (Lipinski definition) is 0. The Morgan fingerprint density at radius 1 is 1.06 bits per heavy atom. The Kier molecular flexibility index (Phi) is 2.11. The minimum atomic E-state index is 0.0302. The van der Waals surface area contributed by atoms with E-state index >= 15 is 0 Å². The number of amides is 1. The average molecular weight is 235 g/mol. The molecule has 1 heterocycles. The zero-order valence-electron chi connectivity index (χ0n) is 10.4. The first-order chi connectivity index (χ1) is 8.25. The molecule has 5 aliphatic rings. The quantitative estimate of drug-likeness (QED) is 0.696. The third kappa shape index (κ3) is 1.48. The van der Waals surface area contributed by atoms with Crippen molar-refractivity contribution in [2.24, 2.45) is 23.2 Å². The van der Waals surface area contributed by atoms with Crippen LogP contribution in [-0.4, -0.2) is 30.7 Å². The monoisotopic (exact) mass is 235 g/mol. The first-order valence-electron chi connectivity index (χ1n) is 7.12. The molecule has 0 aromatic carbocycles. The second-order valence-electron chi connectivity index (χ2n) is 6.80. The van der Waals surface area contributed by atoms with Crippen molar-refractivity contribution in [3.05, 3.63) is 0 Å². The van der Waals surface area contributed by atoms with E-state index in [1.165, 1.54) is 38.5 Å². The molecule has 0 aromatic heterocycles. The van der Waals surface area contributed by atoms with Gasteiger partial charge in [0, 0.05) is 6.54 Å². The van der Waals surface area contributed by atoms with E-state index < -0.39 is 0 Å². The third-order valence-corrected chi connectivity index (χ3v) is 5.53. The fourth-order valence-electron chi connectivity index (χ4n) is 5.28. The van der Waals surface area contributed by atoms with Crippen molar-refractivity contribution in [2.45, 2.75) is 38.5 Å². The van der Waals surface area contributed by atoms with Crippen LogP contribution in [0.15, 0.2) is 0 Å². The predicted octanol–water partition coefficient (Wildman–Crippen LogP) is 2.02. The molecule has 0 radical (unpaired) electrons. The van der Waals surface area contributed by atoms with Gasteiger partial charge in [0.1, 0.15) is 6.73 Å². The Labute approximate surface area is 102 Å². The lowest BCUT2D eigenvalue weighted by Gasteiger charge is -2.56. The second-order valence-corrected chi connectivity index (χ2v) is 6.80. The van der Waals surface area contributed by atoms with Gasteiger partial charge in [0.15, 0.2) is 0 Å². The Morgan fingerprint density at radius 3 is 2.12 bits per heavy atom. The van der Waals surface area contributed by atoms with Gasteiger partial charge in [-0.2, -0.15) is 0 Å². The zero-order chi connectivity index (χ0) is 11.5. The van der Waals surface area contributed by atoms with Gasteiger partial charge >= 0.3 is 0 Å². The van der Waals surface area contributed by atoms with Crippen molar-refractivity contribution in [1.82, 2.24) is 4.90 Å². The highest BCUT2D eigenvalue weighted by Gasteiger charge is 2.55. The highest BCUT2D eigenvalue weighted by atomic mass is 16.5. The number of hydrogen-bond acceptors (Lipinski definition) is 2. The largest absolute Gasteiger partial charge is 0.359 e. The van der Waals surface area contributed by atoms with E-state index in [0.29, 0.717) is 12.6 Å². The van der Waals surface area contributed by atoms with Gasteiger partial charge in [0.2, 0.25) is 5.91 Å². The van der Waals surface area contributed by atoms with Crippen molar-refractivity contribution in [1.29, 1.82) is 0 Å². The maximum atomic E-state index is 12.7. The molecule has 0 aromatic rings. The normalized spacial score (nSPS) is 47.8. The van der Waals surface area contributed by atoms with Gasteiger partial charge in [0.05, 0.1) is 12.0 Å². The smallest absolute Gasteiger partial charge is 0.230 e. The van der Waals surface area contributed by atoms with E-state index in [1.54, 1.807) is 0 Å². The molecule has 1 aliphatic heterocycles. The summed E-state index contributed by atoms with van der Waals surface area (Å²) in [5, 5.41) is 0. The molecular formula is C14H21NO2. The number of carbonyl (C=O) groups excluding carboxylic acids is 1. The summed E-state index contributed by atoms with van der Waals surface area (Å²) >= 11 is 0. The van der Waals surface area contributed by atoms with Gasteiger partial charge in [-0.05, 0) is 56.3 Å². The lowest BCUT2D eigenvalue weighted by atomic mass is 9.49. The Bertz CT molecular complexity index is 311. The molecule has 1 saturated heterocycles. The molecule has 5 fully saturated rings. The Balaban J connectivity index is 1.61. The van der Waals surface area contributed by atoms with Crippen LogP contribution in [-0.2, 0) is 9.53 Å². The average Bonchev–Trinajstić information content (AvgIpc) is 2.79.